The number of pyridine rings is 1. The Balaban J connectivity index is 2.20. The summed E-state index contributed by atoms with van der Waals surface area (Å²) in [6.45, 7) is 3.67. The van der Waals surface area contributed by atoms with Crippen molar-refractivity contribution in [3.05, 3.63) is 53.4 Å². The maximum Gasteiger partial charge on any atom is 0.0973 e. The second-order valence-electron chi connectivity index (χ2n) is 5.40. The van der Waals surface area contributed by atoms with Gasteiger partial charge in [0.15, 0.2) is 0 Å². The van der Waals surface area contributed by atoms with E-state index in [0.29, 0.717) is 11.3 Å². The van der Waals surface area contributed by atoms with Gasteiger partial charge in [-0.2, -0.15) is 10.5 Å². The van der Waals surface area contributed by atoms with E-state index >= 15 is 0 Å². The molecule has 0 amide bonds. The Morgan fingerprint density at radius 1 is 1.14 bits per heavy atom. The molecule has 3 rings (SSSR count). The van der Waals surface area contributed by atoms with Gasteiger partial charge in [-0.05, 0) is 37.6 Å². The quantitative estimate of drug-likeness (QED) is 0.801. The third kappa shape index (κ3) is 2.16. The zero-order chi connectivity index (χ0) is 15.7. The molecule has 1 unspecified atom stereocenters. The predicted molar refractivity (Wildman–Crippen MR) is 85.0 cm³/mol. The molecule has 1 aliphatic rings. The molecule has 0 saturated carbocycles. The zero-order valence-electron chi connectivity index (χ0n) is 12.4. The fraction of sp³-hybridized carbons (Fsp3) is 0.222. The van der Waals surface area contributed by atoms with Crippen molar-refractivity contribution in [2.75, 3.05) is 0 Å². The molecule has 0 saturated heterocycles. The van der Waals surface area contributed by atoms with E-state index < -0.39 is 5.92 Å². The van der Waals surface area contributed by atoms with E-state index in [2.05, 4.69) is 22.1 Å². The molecular formula is C18H14N4. The van der Waals surface area contributed by atoms with Crippen LogP contribution in [0.3, 0.4) is 0 Å². The topological polar surface area (TPSA) is 72.8 Å². The number of rotatable bonds is 1. The van der Waals surface area contributed by atoms with E-state index in [9.17, 15) is 10.5 Å². The van der Waals surface area contributed by atoms with Crippen LogP contribution in [-0.2, 0) is 0 Å². The Kier molecular flexibility index (Phi) is 3.45. The lowest BCUT2D eigenvalue weighted by Gasteiger charge is -2.26. The summed E-state index contributed by atoms with van der Waals surface area (Å²) in [4.78, 5) is 8.67. The average Bonchev–Trinajstić information content (AvgIpc) is 2.54. The van der Waals surface area contributed by atoms with Crippen LogP contribution in [-0.4, -0.2) is 10.7 Å². The van der Waals surface area contributed by atoms with Crippen LogP contribution in [0.4, 0.5) is 0 Å². The summed E-state index contributed by atoms with van der Waals surface area (Å²) in [6.07, 6.45) is 1.75. The highest BCUT2D eigenvalue weighted by Gasteiger charge is 2.33. The molecule has 0 aliphatic carbocycles. The zero-order valence-corrected chi connectivity index (χ0v) is 12.4. The first-order valence-corrected chi connectivity index (χ1v) is 7.06. The van der Waals surface area contributed by atoms with Gasteiger partial charge in [0.2, 0.25) is 0 Å². The van der Waals surface area contributed by atoms with Gasteiger partial charge < -0.3 is 0 Å². The van der Waals surface area contributed by atoms with Crippen molar-refractivity contribution >= 4 is 16.6 Å². The first kappa shape index (κ1) is 14.0. The second-order valence-corrected chi connectivity index (χ2v) is 5.40. The van der Waals surface area contributed by atoms with Crippen LogP contribution in [0.2, 0.25) is 0 Å². The van der Waals surface area contributed by atoms with Gasteiger partial charge in [-0.1, -0.05) is 12.1 Å². The number of hydrogen-bond acceptors (Lipinski definition) is 4. The first-order valence-electron chi connectivity index (χ1n) is 7.06. The highest BCUT2D eigenvalue weighted by atomic mass is 14.8. The molecular weight excluding hydrogens is 272 g/mol. The predicted octanol–water partition coefficient (Wildman–Crippen LogP) is 3.73. The number of aromatic nitrogens is 1. The molecule has 4 heteroatoms. The van der Waals surface area contributed by atoms with Crippen LogP contribution in [0.5, 0.6) is 0 Å². The van der Waals surface area contributed by atoms with Gasteiger partial charge in [-0.15, -0.1) is 0 Å². The summed E-state index contributed by atoms with van der Waals surface area (Å²) in [5, 5.41) is 20.0. The molecule has 0 bridgehead atoms. The molecule has 2 heterocycles. The van der Waals surface area contributed by atoms with E-state index in [-0.39, 0.29) is 5.92 Å². The number of aliphatic imine (C=N–C) groups is 1. The summed E-state index contributed by atoms with van der Waals surface area (Å²) in [5.74, 6) is -0.676. The van der Waals surface area contributed by atoms with E-state index in [1.54, 1.807) is 6.20 Å². The summed E-state index contributed by atoms with van der Waals surface area (Å²) < 4.78 is 0. The molecule has 1 aromatic carbocycles. The molecule has 2 aromatic rings. The van der Waals surface area contributed by atoms with Crippen molar-refractivity contribution in [2.45, 2.75) is 19.8 Å². The Morgan fingerprint density at radius 2 is 1.95 bits per heavy atom. The van der Waals surface area contributed by atoms with Crippen molar-refractivity contribution in [3.8, 4) is 12.1 Å². The van der Waals surface area contributed by atoms with E-state index in [1.807, 2.05) is 44.2 Å². The fourth-order valence-corrected chi connectivity index (χ4v) is 2.99. The van der Waals surface area contributed by atoms with Gasteiger partial charge in [0, 0.05) is 23.2 Å². The minimum atomic E-state index is -0.410. The lowest BCUT2D eigenvalue weighted by molar-refractivity contribution is 0.704. The summed E-state index contributed by atoms with van der Waals surface area (Å²) in [5.41, 5.74) is 3.89. The lowest BCUT2D eigenvalue weighted by Crippen LogP contribution is -2.24. The second kappa shape index (κ2) is 5.42. The monoisotopic (exact) mass is 286 g/mol. The number of allylic oxidation sites excluding steroid dienone is 2. The van der Waals surface area contributed by atoms with Gasteiger partial charge >= 0.3 is 0 Å². The third-order valence-electron chi connectivity index (χ3n) is 4.07. The molecule has 22 heavy (non-hydrogen) atoms. The van der Waals surface area contributed by atoms with E-state index in [4.69, 9.17) is 0 Å². The Labute approximate surface area is 129 Å². The largest absolute Gasteiger partial charge is 0.260 e. The SMILES string of the molecule is CC1=NC(C)=C(C#N)[C@@H](c2ccc3ncccc3c2)C1C#N. The molecule has 0 spiro atoms. The Bertz CT molecular complexity index is 893. The van der Waals surface area contributed by atoms with E-state index in [1.165, 1.54) is 0 Å². The molecule has 2 atom stereocenters. The van der Waals surface area contributed by atoms with Gasteiger partial charge in [0.05, 0.1) is 34.8 Å². The number of fused-ring (bicyclic) bond motifs is 1. The van der Waals surface area contributed by atoms with Crippen LogP contribution < -0.4 is 0 Å². The number of hydrogen-bond donors (Lipinski definition) is 0. The average molecular weight is 286 g/mol. The van der Waals surface area contributed by atoms with Crippen molar-refractivity contribution in [3.63, 3.8) is 0 Å². The van der Waals surface area contributed by atoms with Gasteiger partial charge in [0.25, 0.3) is 0 Å². The van der Waals surface area contributed by atoms with Crippen LogP contribution in [0.25, 0.3) is 10.9 Å². The summed E-state index contributed by atoms with van der Waals surface area (Å²) >= 11 is 0. The number of nitriles is 2. The van der Waals surface area contributed by atoms with Crippen LogP contribution in [0, 0.1) is 28.6 Å². The van der Waals surface area contributed by atoms with Gasteiger partial charge in [-0.25, -0.2) is 0 Å². The van der Waals surface area contributed by atoms with Gasteiger partial charge in [0.1, 0.15) is 0 Å². The molecule has 106 valence electrons. The van der Waals surface area contributed by atoms with Gasteiger partial charge in [-0.3, -0.25) is 9.98 Å². The van der Waals surface area contributed by atoms with Crippen molar-refractivity contribution < 1.29 is 0 Å². The highest BCUT2D eigenvalue weighted by Crippen LogP contribution is 2.38. The van der Waals surface area contributed by atoms with Crippen molar-refractivity contribution in [2.24, 2.45) is 10.9 Å². The summed E-state index contributed by atoms with van der Waals surface area (Å²) in [6, 6.07) is 14.3. The number of benzene rings is 1. The van der Waals surface area contributed by atoms with Crippen LogP contribution in [0.1, 0.15) is 25.3 Å². The molecule has 1 aromatic heterocycles. The van der Waals surface area contributed by atoms with Crippen LogP contribution >= 0.6 is 0 Å². The smallest absolute Gasteiger partial charge is 0.0973 e. The van der Waals surface area contributed by atoms with Crippen molar-refractivity contribution in [1.82, 2.24) is 4.98 Å². The van der Waals surface area contributed by atoms with Crippen molar-refractivity contribution in [1.29, 1.82) is 10.5 Å². The van der Waals surface area contributed by atoms with Crippen LogP contribution in [0.15, 0.2) is 52.8 Å². The molecule has 4 nitrogen and oxygen atoms in total. The fourth-order valence-electron chi connectivity index (χ4n) is 2.99. The van der Waals surface area contributed by atoms with E-state index in [0.717, 1.165) is 22.2 Å². The first-order chi connectivity index (χ1) is 10.7. The highest BCUT2D eigenvalue weighted by molar-refractivity contribution is 5.91. The molecule has 0 fully saturated rings. The molecule has 0 radical (unpaired) electrons. The summed E-state index contributed by atoms with van der Waals surface area (Å²) in [7, 11) is 0. The molecule has 1 aliphatic heterocycles. The maximum atomic E-state index is 9.53. The molecule has 0 N–H and O–H groups in total. The normalized spacial score (nSPS) is 21.2. The number of nitrogens with zero attached hydrogens (tertiary/aromatic N) is 4. The minimum Gasteiger partial charge on any atom is -0.260 e. The third-order valence-corrected chi connectivity index (χ3v) is 4.07. The Hall–Kier alpha value is -2.98. The Morgan fingerprint density at radius 3 is 2.68 bits per heavy atom. The minimum absolute atomic E-state index is 0.267. The standard InChI is InChI=1S/C18H14N4/c1-11-15(9-19)18(16(10-20)12(2)22-11)14-5-6-17-13(8-14)4-3-7-21-17/h3-8,15,18H,1-2H3/t15?,18-/m0/s1. The lowest BCUT2D eigenvalue weighted by atomic mass is 9.76. The maximum absolute atomic E-state index is 9.53.